The highest BCUT2D eigenvalue weighted by atomic mass is 79.9. The van der Waals surface area contributed by atoms with E-state index in [2.05, 4.69) is 21.9 Å². The largest absolute Gasteiger partial charge is 0.458 e. The summed E-state index contributed by atoms with van der Waals surface area (Å²) in [5.41, 5.74) is 0.506. The van der Waals surface area contributed by atoms with Crippen LogP contribution in [-0.4, -0.2) is 12.6 Å². The van der Waals surface area contributed by atoms with Crippen LogP contribution in [0.25, 0.3) is 0 Å². The lowest BCUT2D eigenvalue weighted by Gasteiger charge is -2.03. The van der Waals surface area contributed by atoms with Crippen molar-refractivity contribution in [3.63, 3.8) is 0 Å². The number of carbonyl (C=O) groups is 1. The normalized spacial score (nSPS) is 9.87. The van der Waals surface area contributed by atoms with Crippen LogP contribution < -0.4 is 0 Å². The Kier molecular flexibility index (Phi) is 4.65. The molecule has 0 aliphatic heterocycles. The number of halogens is 1. The third-order valence-electron chi connectivity index (χ3n) is 1.62. The first-order chi connectivity index (χ1) is 7.25. The average molecular weight is 265 g/mol. The van der Waals surface area contributed by atoms with Crippen molar-refractivity contribution in [3.05, 3.63) is 46.5 Å². The standard InChI is InChI=1S/C12H9BrO2/c1-2-3-6-9-15-12(14)10-7-4-5-8-11(10)13/h1,3-8H,9H2. The van der Waals surface area contributed by atoms with Gasteiger partial charge in [0.15, 0.2) is 0 Å². The second kappa shape index (κ2) is 6.05. The Morgan fingerprint density at radius 2 is 2.27 bits per heavy atom. The van der Waals surface area contributed by atoms with Crippen LogP contribution in [0.3, 0.4) is 0 Å². The lowest BCUT2D eigenvalue weighted by molar-refractivity contribution is 0.0548. The predicted octanol–water partition coefficient (Wildman–Crippen LogP) is 2.80. The molecule has 0 amide bonds. The van der Waals surface area contributed by atoms with Crippen LogP contribution in [-0.2, 0) is 4.74 Å². The molecule has 0 spiro atoms. The number of allylic oxidation sites excluding steroid dienone is 1. The SMILES string of the molecule is C#CC=CCOC(=O)c1ccccc1Br. The third-order valence-corrected chi connectivity index (χ3v) is 2.31. The van der Waals surface area contributed by atoms with Gasteiger partial charge in [-0.15, -0.1) is 6.42 Å². The Balaban J connectivity index is 2.59. The highest BCUT2D eigenvalue weighted by Gasteiger charge is 2.08. The maximum Gasteiger partial charge on any atom is 0.339 e. The van der Waals surface area contributed by atoms with Gasteiger partial charge in [0, 0.05) is 4.47 Å². The second-order valence-electron chi connectivity index (χ2n) is 2.65. The summed E-state index contributed by atoms with van der Waals surface area (Å²) < 4.78 is 5.68. The molecule has 0 radical (unpaired) electrons. The van der Waals surface area contributed by atoms with Crippen LogP contribution in [0.5, 0.6) is 0 Å². The minimum atomic E-state index is -0.371. The van der Waals surface area contributed by atoms with Crippen molar-refractivity contribution in [2.75, 3.05) is 6.61 Å². The van der Waals surface area contributed by atoms with E-state index in [0.29, 0.717) is 5.56 Å². The maximum atomic E-state index is 11.5. The zero-order valence-electron chi connectivity index (χ0n) is 7.94. The van der Waals surface area contributed by atoms with Crippen LogP contribution >= 0.6 is 15.9 Å². The van der Waals surface area contributed by atoms with Crippen LogP contribution in [0.4, 0.5) is 0 Å². The van der Waals surface area contributed by atoms with E-state index in [1.807, 2.05) is 6.07 Å². The summed E-state index contributed by atoms with van der Waals surface area (Å²) in [5.74, 6) is 1.94. The minimum Gasteiger partial charge on any atom is -0.458 e. The Hall–Kier alpha value is -1.53. The van der Waals surface area contributed by atoms with E-state index in [4.69, 9.17) is 11.2 Å². The molecule has 1 aromatic rings. The number of carbonyl (C=O) groups excluding carboxylic acids is 1. The average Bonchev–Trinajstić information content (AvgIpc) is 2.25. The number of benzene rings is 1. The van der Waals surface area contributed by atoms with Gasteiger partial charge in [0.2, 0.25) is 0 Å². The fourth-order valence-corrected chi connectivity index (χ4v) is 1.39. The molecule has 0 unspecified atom stereocenters. The molecule has 3 heteroatoms. The van der Waals surface area contributed by atoms with Gasteiger partial charge in [0.25, 0.3) is 0 Å². The van der Waals surface area contributed by atoms with Crippen molar-refractivity contribution in [3.8, 4) is 12.3 Å². The predicted molar refractivity (Wildman–Crippen MR) is 62.4 cm³/mol. The molecule has 0 fully saturated rings. The molecule has 1 aromatic carbocycles. The van der Waals surface area contributed by atoms with Gasteiger partial charge in [0.05, 0.1) is 5.56 Å². The number of terminal acetylenes is 1. The fraction of sp³-hybridized carbons (Fsp3) is 0.0833. The molecule has 0 aromatic heterocycles. The van der Waals surface area contributed by atoms with Gasteiger partial charge in [-0.2, -0.15) is 0 Å². The zero-order chi connectivity index (χ0) is 11.1. The number of esters is 1. The van der Waals surface area contributed by atoms with Gasteiger partial charge < -0.3 is 4.74 Å². The van der Waals surface area contributed by atoms with E-state index in [1.54, 1.807) is 24.3 Å². The molecule has 0 aliphatic rings. The molecule has 0 bridgehead atoms. The van der Waals surface area contributed by atoms with Gasteiger partial charge >= 0.3 is 5.97 Å². The third kappa shape index (κ3) is 3.61. The molecule has 0 aliphatic carbocycles. The Morgan fingerprint density at radius 1 is 1.53 bits per heavy atom. The highest BCUT2D eigenvalue weighted by molar-refractivity contribution is 9.10. The Morgan fingerprint density at radius 3 is 2.93 bits per heavy atom. The van der Waals surface area contributed by atoms with Gasteiger partial charge in [-0.3, -0.25) is 0 Å². The van der Waals surface area contributed by atoms with Gasteiger partial charge in [0.1, 0.15) is 6.61 Å². The molecule has 1 rings (SSSR count). The number of hydrogen-bond donors (Lipinski definition) is 0. The summed E-state index contributed by atoms with van der Waals surface area (Å²) in [4.78, 5) is 11.5. The first kappa shape index (κ1) is 11.5. The highest BCUT2D eigenvalue weighted by Crippen LogP contribution is 2.16. The quantitative estimate of drug-likeness (QED) is 0.620. The summed E-state index contributed by atoms with van der Waals surface area (Å²) in [6.45, 7) is 0.185. The van der Waals surface area contributed by atoms with Crippen molar-refractivity contribution in [2.45, 2.75) is 0 Å². The van der Waals surface area contributed by atoms with E-state index < -0.39 is 0 Å². The maximum absolute atomic E-state index is 11.5. The molecular formula is C12H9BrO2. The first-order valence-electron chi connectivity index (χ1n) is 4.28. The Bertz CT molecular complexity index is 416. The van der Waals surface area contributed by atoms with Crippen molar-refractivity contribution in [1.82, 2.24) is 0 Å². The minimum absolute atomic E-state index is 0.185. The monoisotopic (exact) mass is 264 g/mol. The lowest BCUT2D eigenvalue weighted by Crippen LogP contribution is -2.05. The van der Waals surface area contributed by atoms with E-state index in [0.717, 1.165) is 4.47 Å². The molecule has 0 heterocycles. The fourth-order valence-electron chi connectivity index (χ4n) is 0.944. The Labute approximate surface area is 97.1 Å². The smallest absolute Gasteiger partial charge is 0.339 e. The van der Waals surface area contributed by atoms with Crippen molar-refractivity contribution in [1.29, 1.82) is 0 Å². The van der Waals surface area contributed by atoms with Crippen LogP contribution in [0.2, 0.25) is 0 Å². The molecule has 0 saturated heterocycles. The van der Waals surface area contributed by atoms with Gasteiger partial charge in [-0.05, 0) is 40.2 Å². The van der Waals surface area contributed by atoms with E-state index in [-0.39, 0.29) is 12.6 Å². The van der Waals surface area contributed by atoms with Crippen LogP contribution in [0, 0.1) is 12.3 Å². The number of rotatable bonds is 3. The molecule has 0 N–H and O–H groups in total. The van der Waals surface area contributed by atoms with Gasteiger partial charge in [-0.25, -0.2) is 4.79 Å². The molecule has 76 valence electrons. The molecule has 0 atom stereocenters. The van der Waals surface area contributed by atoms with Crippen molar-refractivity contribution < 1.29 is 9.53 Å². The van der Waals surface area contributed by atoms with E-state index in [9.17, 15) is 4.79 Å². The summed E-state index contributed by atoms with van der Waals surface area (Å²) in [7, 11) is 0. The molecule has 2 nitrogen and oxygen atoms in total. The van der Waals surface area contributed by atoms with Crippen molar-refractivity contribution in [2.24, 2.45) is 0 Å². The summed E-state index contributed by atoms with van der Waals surface area (Å²) >= 11 is 3.27. The first-order valence-corrected chi connectivity index (χ1v) is 5.08. The van der Waals surface area contributed by atoms with Crippen LogP contribution in [0.1, 0.15) is 10.4 Å². The van der Waals surface area contributed by atoms with Crippen LogP contribution in [0.15, 0.2) is 40.9 Å². The lowest BCUT2D eigenvalue weighted by atomic mass is 10.2. The van der Waals surface area contributed by atoms with E-state index in [1.165, 1.54) is 6.08 Å². The number of ether oxygens (including phenoxy) is 1. The van der Waals surface area contributed by atoms with Crippen molar-refractivity contribution >= 4 is 21.9 Å². The molecular weight excluding hydrogens is 256 g/mol. The topological polar surface area (TPSA) is 26.3 Å². The van der Waals surface area contributed by atoms with Gasteiger partial charge in [-0.1, -0.05) is 18.1 Å². The summed E-state index contributed by atoms with van der Waals surface area (Å²) in [5, 5.41) is 0. The summed E-state index contributed by atoms with van der Waals surface area (Å²) in [6.07, 6.45) is 8.10. The molecule has 15 heavy (non-hydrogen) atoms. The van der Waals surface area contributed by atoms with E-state index >= 15 is 0 Å². The second-order valence-corrected chi connectivity index (χ2v) is 3.50. The molecule has 0 saturated carbocycles. The zero-order valence-corrected chi connectivity index (χ0v) is 9.53. The summed E-state index contributed by atoms with van der Waals surface area (Å²) in [6, 6.07) is 7.09. The number of hydrogen-bond acceptors (Lipinski definition) is 2.